The number of pyridine rings is 1. The molecule has 0 saturated carbocycles. The van der Waals surface area contributed by atoms with Gasteiger partial charge in [0.05, 0.1) is 5.02 Å². The number of rotatable bonds is 0. The number of aromatic nitrogens is 1. The molecule has 1 aromatic carbocycles. The van der Waals surface area contributed by atoms with Gasteiger partial charge >= 0.3 is 0 Å². The molecule has 13 heavy (non-hydrogen) atoms. The van der Waals surface area contributed by atoms with Gasteiger partial charge in [-0.2, -0.15) is 0 Å². The topological polar surface area (TPSA) is 12.9 Å². The van der Waals surface area contributed by atoms with Crippen LogP contribution >= 0.6 is 34.2 Å². The molecule has 0 amide bonds. The Kier molecular flexibility index (Phi) is 2.38. The lowest BCUT2D eigenvalue weighted by atomic mass is 10.2. The second kappa shape index (κ2) is 3.38. The van der Waals surface area contributed by atoms with Gasteiger partial charge in [0.25, 0.3) is 0 Å². The second-order valence-corrected chi connectivity index (χ2v) is 4.15. The van der Waals surface area contributed by atoms with Crippen LogP contribution < -0.4 is 0 Å². The van der Waals surface area contributed by atoms with Crippen LogP contribution in [0.25, 0.3) is 10.8 Å². The summed E-state index contributed by atoms with van der Waals surface area (Å²) in [6, 6.07) is 3.35. The predicted molar refractivity (Wildman–Crippen MR) is 59.4 cm³/mol. The van der Waals surface area contributed by atoms with Crippen LogP contribution in [-0.4, -0.2) is 4.98 Å². The first kappa shape index (κ1) is 9.15. The molecule has 0 atom stereocenters. The number of nitrogens with zero attached hydrogens (tertiary/aromatic N) is 1. The lowest BCUT2D eigenvalue weighted by Crippen LogP contribution is -1.85. The molecule has 1 heterocycles. The highest BCUT2D eigenvalue weighted by Crippen LogP contribution is 2.26. The average Bonchev–Trinajstić information content (AvgIpc) is 2.12. The van der Waals surface area contributed by atoms with Crippen LogP contribution in [0, 0.1) is 9.39 Å². The molecule has 0 fully saturated rings. The van der Waals surface area contributed by atoms with Crippen LogP contribution in [-0.2, 0) is 0 Å². The molecule has 0 spiro atoms. The monoisotopic (exact) mass is 307 g/mol. The summed E-state index contributed by atoms with van der Waals surface area (Å²) in [5, 5.41) is 1.45. The van der Waals surface area contributed by atoms with Gasteiger partial charge in [0.2, 0.25) is 0 Å². The predicted octanol–water partition coefficient (Wildman–Crippen LogP) is 3.63. The van der Waals surface area contributed by atoms with Gasteiger partial charge in [-0.1, -0.05) is 17.7 Å². The molecule has 0 unspecified atom stereocenters. The summed E-state index contributed by atoms with van der Waals surface area (Å²) in [5.41, 5.74) is 0. The quantitative estimate of drug-likeness (QED) is 0.677. The van der Waals surface area contributed by atoms with Gasteiger partial charge in [0.15, 0.2) is 5.82 Å². The third-order valence-electron chi connectivity index (χ3n) is 1.78. The highest BCUT2D eigenvalue weighted by molar-refractivity contribution is 14.1. The Bertz CT molecular complexity index is 472. The third-order valence-corrected chi connectivity index (χ3v) is 2.93. The summed E-state index contributed by atoms with van der Waals surface area (Å²) in [6.07, 6.45) is 3.18. The largest absolute Gasteiger partial charge is 0.263 e. The van der Waals surface area contributed by atoms with Gasteiger partial charge in [-0.05, 0) is 28.7 Å². The van der Waals surface area contributed by atoms with Crippen molar-refractivity contribution in [3.63, 3.8) is 0 Å². The molecule has 1 nitrogen and oxygen atoms in total. The Labute approximate surface area is 93.1 Å². The normalized spacial score (nSPS) is 10.7. The zero-order valence-corrected chi connectivity index (χ0v) is 9.30. The number of halogens is 3. The molecule has 0 aliphatic rings. The molecular weight excluding hydrogens is 303 g/mol. The fourth-order valence-corrected chi connectivity index (χ4v) is 1.94. The minimum atomic E-state index is -0.398. The van der Waals surface area contributed by atoms with E-state index in [2.05, 4.69) is 27.6 Å². The van der Waals surface area contributed by atoms with E-state index < -0.39 is 5.82 Å². The highest BCUT2D eigenvalue weighted by atomic mass is 127. The zero-order valence-electron chi connectivity index (χ0n) is 6.39. The van der Waals surface area contributed by atoms with Gasteiger partial charge in [-0.25, -0.2) is 4.39 Å². The highest BCUT2D eigenvalue weighted by Gasteiger charge is 2.07. The molecule has 0 aliphatic carbocycles. The standard InChI is InChI=1S/C9H4ClFIN/c10-7-2-1-5-6(9(7)11)3-13-4-8(5)12/h1-4H. The molecule has 1 aromatic heterocycles. The van der Waals surface area contributed by atoms with Crippen LogP contribution in [0.3, 0.4) is 0 Å². The summed E-state index contributed by atoms with van der Waals surface area (Å²) in [6.45, 7) is 0. The summed E-state index contributed by atoms with van der Waals surface area (Å²) >= 11 is 7.75. The SMILES string of the molecule is Fc1c(Cl)ccc2c(I)cncc12. The van der Waals surface area contributed by atoms with E-state index in [1.165, 1.54) is 6.20 Å². The average molecular weight is 307 g/mol. The van der Waals surface area contributed by atoms with Gasteiger partial charge in [0.1, 0.15) is 0 Å². The molecule has 2 rings (SSSR count). The van der Waals surface area contributed by atoms with Gasteiger partial charge < -0.3 is 0 Å². The van der Waals surface area contributed by atoms with E-state index in [-0.39, 0.29) is 5.02 Å². The molecule has 0 N–H and O–H groups in total. The Hall–Kier alpha value is -0.420. The fourth-order valence-electron chi connectivity index (χ4n) is 1.15. The summed E-state index contributed by atoms with van der Waals surface area (Å²) < 4.78 is 14.3. The first-order valence-electron chi connectivity index (χ1n) is 3.57. The minimum Gasteiger partial charge on any atom is -0.263 e. The van der Waals surface area contributed by atoms with Crippen molar-refractivity contribution in [2.45, 2.75) is 0 Å². The Morgan fingerprint density at radius 3 is 2.77 bits per heavy atom. The van der Waals surface area contributed by atoms with Crippen LogP contribution in [0.15, 0.2) is 24.5 Å². The number of hydrogen-bond donors (Lipinski definition) is 0. The van der Waals surface area contributed by atoms with Crippen molar-refractivity contribution in [2.75, 3.05) is 0 Å². The molecule has 4 heteroatoms. The van der Waals surface area contributed by atoms with Crippen LogP contribution in [0.1, 0.15) is 0 Å². The maximum atomic E-state index is 13.4. The van der Waals surface area contributed by atoms with Crippen LogP contribution in [0.4, 0.5) is 4.39 Å². The molecule has 0 aliphatic heterocycles. The third kappa shape index (κ3) is 1.50. The Balaban J connectivity index is 2.94. The van der Waals surface area contributed by atoms with E-state index in [1.54, 1.807) is 18.3 Å². The first-order valence-corrected chi connectivity index (χ1v) is 5.03. The van der Waals surface area contributed by atoms with E-state index >= 15 is 0 Å². The van der Waals surface area contributed by atoms with E-state index in [4.69, 9.17) is 11.6 Å². The van der Waals surface area contributed by atoms with Crippen molar-refractivity contribution in [1.29, 1.82) is 0 Å². The second-order valence-electron chi connectivity index (χ2n) is 2.58. The summed E-state index contributed by atoms with van der Waals surface area (Å²) in [5.74, 6) is -0.398. The van der Waals surface area contributed by atoms with E-state index in [1.807, 2.05) is 0 Å². The smallest absolute Gasteiger partial charge is 0.151 e. The Morgan fingerprint density at radius 1 is 1.23 bits per heavy atom. The molecule has 0 bridgehead atoms. The molecular formula is C9H4ClFIN. The first-order chi connectivity index (χ1) is 6.20. The molecule has 66 valence electrons. The van der Waals surface area contributed by atoms with Crippen LogP contribution in [0.5, 0.6) is 0 Å². The van der Waals surface area contributed by atoms with Crippen LogP contribution in [0.2, 0.25) is 5.02 Å². The lowest BCUT2D eigenvalue weighted by molar-refractivity contribution is 0.640. The van der Waals surface area contributed by atoms with Crippen molar-refractivity contribution < 1.29 is 4.39 Å². The van der Waals surface area contributed by atoms with Crippen molar-refractivity contribution in [1.82, 2.24) is 4.98 Å². The van der Waals surface area contributed by atoms with Gasteiger partial charge in [0, 0.05) is 26.7 Å². The van der Waals surface area contributed by atoms with E-state index in [9.17, 15) is 4.39 Å². The van der Waals surface area contributed by atoms with Crippen molar-refractivity contribution in [3.05, 3.63) is 38.9 Å². The molecule has 0 saturated heterocycles. The maximum absolute atomic E-state index is 13.4. The summed E-state index contributed by atoms with van der Waals surface area (Å²) in [7, 11) is 0. The van der Waals surface area contributed by atoms with E-state index in [0.29, 0.717) is 5.39 Å². The number of hydrogen-bond acceptors (Lipinski definition) is 1. The minimum absolute atomic E-state index is 0.135. The van der Waals surface area contributed by atoms with Crippen molar-refractivity contribution in [2.24, 2.45) is 0 Å². The fraction of sp³-hybridized carbons (Fsp3) is 0. The van der Waals surface area contributed by atoms with Gasteiger partial charge in [-0.3, -0.25) is 4.98 Å². The molecule has 0 radical (unpaired) electrons. The lowest BCUT2D eigenvalue weighted by Gasteiger charge is -2.01. The Morgan fingerprint density at radius 2 is 2.00 bits per heavy atom. The number of benzene rings is 1. The van der Waals surface area contributed by atoms with Crippen molar-refractivity contribution >= 4 is 45.0 Å². The van der Waals surface area contributed by atoms with Gasteiger partial charge in [-0.15, -0.1) is 0 Å². The molecule has 2 aromatic rings. The number of fused-ring (bicyclic) bond motifs is 1. The maximum Gasteiger partial charge on any atom is 0.151 e. The van der Waals surface area contributed by atoms with Crippen molar-refractivity contribution in [3.8, 4) is 0 Å². The summed E-state index contributed by atoms with van der Waals surface area (Å²) in [4.78, 5) is 3.91. The van der Waals surface area contributed by atoms with E-state index in [0.717, 1.165) is 8.96 Å². The zero-order chi connectivity index (χ0) is 9.42.